The van der Waals surface area contributed by atoms with Crippen molar-refractivity contribution in [3.63, 3.8) is 0 Å². The van der Waals surface area contributed by atoms with Gasteiger partial charge in [0, 0.05) is 26.3 Å². The van der Waals surface area contributed by atoms with Crippen LogP contribution in [0.15, 0.2) is 4.99 Å². The molecule has 1 heterocycles. The van der Waals surface area contributed by atoms with Gasteiger partial charge in [-0.3, -0.25) is 5.43 Å². The molecule has 2 rings (SSSR count). The fraction of sp³-hybridized carbons (Fsp3) is 0.900. The number of nitrogens with two attached hydrogens (primary N) is 1. The molecule has 2 fully saturated rings. The van der Waals surface area contributed by atoms with Crippen LogP contribution in [0.2, 0.25) is 0 Å². The van der Waals surface area contributed by atoms with Gasteiger partial charge in [0.15, 0.2) is 0 Å². The lowest BCUT2D eigenvalue weighted by Gasteiger charge is -2.33. The van der Waals surface area contributed by atoms with Gasteiger partial charge in [0.2, 0.25) is 5.96 Å². The van der Waals surface area contributed by atoms with Crippen LogP contribution in [0.5, 0.6) is 0 Å². The molecule has 0 bridgehead atoms. The van der Waals surface area contributed by atoms with Gasteiger partial charge in [0.1, 0.15) is 0 Å². The van der Waals surface area contributed by atoms with Gasteiger partial charge < -0.3 is 9.64 Å². The third-order valence-corrected chi connectivity index (χ3v) is 3.05. The first-order valence-electron chi connectivity index (χ1n) is 5.66. The number of guanidine groups is 1. The second-order valence-corrected chi connectivity index (χ2v) is 4.28. The lowest BCUT2D eigenvalue weighted by atomic mass is 10.1. The summed E-state index contributed by atoms with van der Waals surface area (Å²) in [5, 5.41) is 0. The van der Waals surface area contributed by atoms with E-state index >= 15 is 0 Å². The van der Waals surface area contributed by atoms with Crippen molar-refractivity contribution in [3.05, 3.63) is 0 Å². The molecule has 1 saturated carbocycles. The molecule has 86 valence electrons. The van der Waals surface area contributed by atoms with Crippen LogP contribution in [0.1, 0.15) is 25.7 Å². The van der Waals surface area contributed by atoms with Crippen molar-refractivity contribution < 1.29 is 4.74 Å². The highest BCUT2D eigenvalue weighted by atomic mass is 16.5. The number of hydrogen-bond acceptors (Lipinski definition) is 3. The molecule has 15 heavy (non-hydrogen) atoms. The first-order valence-corrected chi connectivity index (χ1v) is 5.66. The van der Waals surface area contributed by atoms with E-state index in [1.807, 2.05) is 0 Å². The Balaban J connectivity index is 1.93. The van der Waals surface area contributed by atoms with Crippen LogP contribution in [-0.4, -0.2) is 43.2 Å². The molecule has 0 spiro atoms. The number of nitrogens with one attached hydrogen (secondary N) is 1. The molecular weight excluding hydrogens is 192 g/mol. The Morgan fingerprint density at radius 1 is 1.33 bits per heavy atom. The molecule has 0 radical (unpaired) electrons. The largest absolute Gasteiger partial charge is 0.381 e. The lowest BCUT2D eigenvalue weighted by Crippen LogP contribution is -2.49. The lowest BCUT2D eigenvalue weighted by molar-refractivity contribution is 0.0597. The summed E-state index contributed by atoms with van der Waals surface area (Å²) in [5.41, 5.74) is 2.71. The molecule has 0 aromatic carbocycles. The Morgan fingerprint density at radius 3 is 2.53 bits per heavy atom. The Hall–Kier alpha value is -0.810. The molecule has 1 aliphatic heterocycles. The Kier molecular flexibility index (Phi) is 3.43. The second-order valence-electron chi connectivity index (χ2n) is 4.28. The molecule has 0 atom stereocenters. The first kappa shape index (κ1) is 10.7. The average molecular weight is 212 g/mol. The number of aliphatic imine (C=N–C) groups is 1. The Bertz CT molecular complexity index is 234. The maximum atomic E-state index is 5.50. The highest BCUT2D eigenvalue weighted by molar-refractivity contribution is 5.79. The van der Waals surface area contributed by atoms with Gasteiger partial charge in [-0.2, -0.15) is 0 Å². The first-order chi connectivity index (χ1) is 7.31. The number of hydrogen-bond donors (Lipinski definition) is 2. The predicted octanol–water partition coefficient (Wildman–Crippen LogP) is 0.0789. The van der Waals surface area contributed by atoms with E-state index in [1.54, 1.807) is 0 Å². The zero-order chi connectivity index (χ0) is 10.7. The molecule has 2 aliphatic rings. The van der Waals surface area contributed by atoms with E-state index in [4.69, 9.17) is 10.6 Å². The van der Waals surface area contributed by atoms with Crippen molar-refractivity contribution in [1.29, 1.82) is 0 Å². The van der Waals surface area contributed by atoms with Crippen molar-refractivity contribution in [2.45, 2.75) is 37.8 Å². The molecular formula is C10H20N4O. The second kappa shape index (κ2) is 4.81. The summed E-state index contributed by atoms with van der Waals surface area (Å²) in [6.45, 7) is 1.69. The van der Waals surface area contributed by atoms with Crippen molar-refractivity contribution in [1.82, 2.24) is 10.3 Å². The molecule has 0 aromatic rings. The quantitative estimate of drug-likeness (QED) is 0.294. The van der Waals surface area contributed by atoms with Gasteiger partial charge in [-0.15, -0.1) is 0 Å². The number of nitrogens with zero attached hydrogens (tertiary/aromatic N) is 2. The molecule has 3 N–H and O–H groups in total. The summed E-state index contributed by atoms with van der Waals surface area (Å²) in [6.07, 6.45) is 4.52. The minimum Gasteiger partial charge on any atom is -0.381 e. The van der Waals surface area contributed by atoms with Gasteiger partial charge in [-0.1, -0.05) is 0 Å². The maximum Gasteiger partial charge on any atom is 0.208 e. The van der Waals surface area contributed by atoms with Crippen LogP contribution in [0.25, 0.3) is 0 Å². The minimum atomic E-state index is 0.498. The van der Waals surface area contributed by atoms with Gasteiger partial charge in [0.25, 0.3) is 0 Å². The van der Waals surface area contributed by atoms with Gasteiger partial charge >= 0.3 is 0 Å². The molecule has 0 amide bonds. The minimum absolute atomic E-state index is 0.498. The summed E-state index contributed by atoms with van der Waals surface area (Å²) in [6, 6.07) is 1.01. The van der Waals surface area contributed by atoms with E-state index in [-0.39, 0.29) is 0 Å². The van der Waals surface area contributed by atoms with E-state index in [0.717, 1.165) is 32.0 Å². The fourth-order valence-electron chi connectivity index (χ4n) is 1.85. The van der Waals surface area contributed by atoms with E-state index < -0.39 is 0 Å². The average Bonchev–Trinajstić information content (AvgIpc) is 3.10. The van der Waals surface area contributed by atoms with E-state index in [0.29, 0.717) is 12.1 Å². The summed E-state index contributed by atoms with van der Waals surface area (Å²) in [5.74, 6) is 6.33. The molecule has 5 nitrogen and oxygen atoms in total. The van der Waals surface area contributed by atoms with Crippen LogP contribution in [0.4, 0.5) is 0 Å². The zero-order valence-corrected chi connectivity index (χ0v) is 9.28. The summed E-state index contributed by atoms with van der Waals surface area (Å²) in [7, 11) is 2.05. The number of hydrazine groups is 1. The van der Waals surface area contributed by atoms with Crippen LogP contribution < -0.4 is 11.3 Å². The predicted molar refractivity (Wildman–Crippen MR) is 59.4 cm³/mol. The fourth-order valence-corrected chi connectivity index (χ4v) is 1.85. The third kappa shape index (κ3) is 2.82. The number of rotatable bonds is 2. The number of ether oxygens (including phenoxy) is 1. The van der Waals surface area contributed by atoms with Crippen LogP contribution in [0, 0.1) is 0 Å². The topological polar surface area (TPSA) is 62.9 Å². The molecule has 5 heteroatoms. The third-order valence-electron chi connectivity index (χ3n) is 3.05. The smallest absolute Gasteiger partial charge is 0.208 e. The molecule has 0 aromatic heterocycles. The SMILES string of the molecule is CN(C(=NC1CC1)NN)C1CCOCC1. The van der Waals surface area contributed by atoms with Crippen LogP contribution in [0.3, 0.4) is 0 Å². The van der Waals surface area contributed by atoms with E-state index in [9.17, 15) is 0 Å². The summed E-state index contributed by atoms with van der Waals surface area (Å²) >= 11 is 0. The van der Waals surface area contributed by atoms with Crippen molar-refractivity contribution in [2.24, 2.45) is 10.8 Å². The van der Waals surface area contributed by atoms with E-state index in [2.05, 4.69) is 22.4 Å². The molecule has 1 aliphatic carbocycles. The van der Waals surface area contributed by atoms with Crippen molar-refractivity contribution in [2.75, 3.05) is 20.3 Å². The van der Waals surface area contributed by atoms with Gasteiger partial charge in [0.05, 0.1) is 6.04 Å². The van der Waals surface area contributed by atoms with Crippen molar-refractivity contribution >= 4 is 5.96 Å². The summed E-state index contributed by atoms with van der Waals surface area (Å²) < 4.78 is 5.34. The Labute approximate surface area is 90.6 Å². The van der Waals surface area contributed by atoms with Crippen LogP contribution >= 0.6 is 0 Å². The van der Waals surface area contributed by atoms with Gasteiger partial charge in [-0.05, 0) is 25.7 Å². The van der Waals surface area contributed by atoms with Crippen molar-refractivity contribution in [3.8, 4) is 0 Å². The maximum absolute atomic E-state index is 5.50. The van der Waals surface area contributed by atoms with Gasteiger partial charge in [-0.25, -0.2) is 10.8 Å². The Morgan fingerprint density at radius 2 is 2.00 bits per heavy atom. The molecule has 0 unspecified atom stereocenters. The van der Waals surface area contributed by atoms with Crippen LogP contribution in [-0.2, 0) is 4.74 Å². The zero-order valence-electron chi connectivity index (χ0n) is 9.28. The molecule has 1 saturated heterocycles. The summed E-state index contributed by atoms with van der Waals surface area (Å²) in [4.78, 5) is 6.70. The standard InChI is InChI=1S/C10H20N4O/c1-14(9-4-6-15-7-5-9)10(13-11)12-8-2-3-8/h8-9H,2-7,11H2,1H3,(H,12,13). The monoisotopic (exact) mass is 212 g/mol. The van der Waals surface area contributed by atoms with E-state index in [1.165, 1.54) is 12.8 Å². The normalized spacial score (nSPS) is 24.0. The highest BCUT2D eigenvalue weighted by Gasteiger charge is 2.25. The highest BCUT2D eigenvalue weighted by Crippen LogP contribution is 2.24.